The van der Waals surface area contributed by atoms with Crippen LogP contribution in [-0.2, 0) is 13.1 Å². The second kappa shape index (κ2) is 8.87. The highest BCUT2D eigenvalue weighted by Crippen LogP contribution is 2.30. The fraction of sp³-hybridized carbons (Fsp3) is 0.200. The summed E-state index contributed by atoms with van der Waals surface area (Å²) in [5.41, 5.74) is 0.370. The summed E-state index contributed by atoms with van der Waals surface area (Å²) < 4.78 is 11.7. The summed E-state index contributed by atoms with van der Waals surface area (Å²) in [7, 11) is 3.02. The molecule has 1 amide bonds. The first-order valence-electron chi connectivity index (χ1n) is 8.70. The third-order valence-electron chi connectivity index (χ3n) is 4.23. The highest BCUT2D eigenvalue weighted by molar-refractivity contribution is 5.94. The number of nitrogens with zero attached hydrogens (tertiary/aromatic N) is 3. The van der Waals surface area contributed by atoms with Gasteiger partial charge in [0.15, 0.2) is 17.2 Å². The van der Waals surface area contributed by atoms with E-state index in [4.69, 9.17) is 9.47 Å². The van der Waals surface area contributed by atoms with Crippen molar-refractivity contribution in [3.05, 3.63) is 76.2 Å². The van der Waals surface area contributed by atoms with Crippen molar-refractivity contribution in [1.29, 1.82) is 0 Å². The third kappa shape index (κ3) is 4.34. The number of carbonyl (C=O) groups excluding carboxylic acids is 1. The van der Waals surface area contributed by atoms with E-state index in [0.29, 0.717) is 17.1 Å². The molecule has 3 aromatic rings. The Labute approximate surface area is 166 Å². The minimum atomic E-state index is -0.716. The van der Waals surface area contributed by atoms with Gasteiger partial charge < -0.3 is 19.9 Å². The summed E-state index contributed by atoms with van der Waals surface area (Å²) in [6.07, 6.45) is 4.44. The molecule has 9 heteroatoms. The second-order valence-corrected chi connectivity index (χ2v) is 6.07. The van der Waals surface area contributed by atoms with Crippen LogP contribution in [0.4, 0.5) is 0 Å². The van der Waals surface area contributed by atoms with Gasteiger partial charge in [-0.2, -0.15) is 0 Å². The lowest BCUT2D eigenvalue weighted by molar-refractivity contribution is 0.0942. The van der Waals surface area contributed by atoms with Crippen molar-refractivity contribution in [2.24, 2.45) is 0 Å². The van der Waals surface area contributed by atoms with Crippen LogP contribution in [0.2, 0.25) is 0 Å². The molecule has 0 bridgehead atoms. The third-order valence-corrected chi connectivity index (χ3v) is 4.23. The Morgan fingerprint density at radius 1 is 1.21 bits per heavy atom. The molecule has 9 nitrogen and oxygen atoms in total. The molecule has 0 unspecified atom stereocenters. The highest BCUT2D eigenvalue weighted by atomic mass is 16.5. The first kappa shape index (κ1) is 19.9. The SMILES string of the molecule is COc1cccc(CNC(=O)c2ncn(Cc3cccnc3)c(=O)c2O)c1OC. The minimum Gasteiger partial charge on any atom is -0.501 e. The largest absolute Gasteiger partial charge is 0.501 e. The van der Waals surface area contributed by atoms with Crippen molar-refractivity contribution in [3.63, 3.8) is 0 Å². The zero-order valence-corrected chi connectivity index (χ0v) is 16.0. The van der Waals surface area contributed by atoms with Crippen LogP contribution in [0.25, 0.3) is 0 Å². The lowest BCUT2D eigenvalue weighted by Gasteiger charge is -2.13. The molecule has 3 rings (SSSR count). The van der Waals surface area contributed by atoms with E-state index in [9.17, 15) is 14.7 Å². The summed E-state index contributed by atoms with van der Waals surface area (Å²) in [6, 6.07) is 8.79. The standard InChI is InChI=1S/C20H20N4O5/c1-28-15-7-3-6-14(18(15)29-2)10-22-19(26)16-17(25)20(27)24(12-23-16)11-13-5-4-8-21-9-13/h3-9,12,25H,10-11H2,1-2H3,(H,22,26). The van der Waals surface area contributed by atoms with Crippen LogP contribution in [0, 0.1) is 0 Å². The number of ether oxygens (including phenoxy) is 2. The molecule has 2 heterocycles. The molecule has 2 N–H and O–H groups in total. The van der Waals surface area contributed by atoms with Gasteiger partial charge in [-0.15, -0.1) is 0 Å². The van der Waals surface area contributed by atoms with Crippen LogP contribution in [0.15, 0.2) is 53.8 Å². The zero-order valence-electron chi connectivity index (χ0n) is 16.0. The van der Waals surface area contributed by atoms with Crippen molar-refractivity contribution in [3.8, 4) is 17.2 Å². The average Bonchev–Trinajstić information content (AvgIpc) is 2.75. The van der Waals surface area contributed by atoms with Gasteiger partial charge in [-0.05, 0) is 17.7 Å². The summed E-state index contributed by atoms with van der Waals surface area (Å²) >= 11 is 0. The molecule has 2 aromatic heterocycles. The summed E-state index contributed by atoms with van der Waals surface area (Å²) in [5.74, 6) is -0.387. The molecule has 0 saturated heterocycles. The van der Waals surface area contributed by atoms with Crippen LogP contribution < -0.4 is 20.3 Å². The average molecular weight is 396 g/mol. The van der Waals surface area contributed by atoms with Crippen molar-refractivity contribution < 1.29 is 19.4 Å². The van der Waals surface area contributed by atoms with Gasteiger partial charge in [0.2, 0.25) is 5.75 Å². The van der Waals surface area contributed by atoms with Crippen molar-refractivity contribution in [2.45, 2.75) is 13.1 Å². The lowest BCUT2D eigenvalue weighted by Crippen LogP contribution is -2.29. The molecule has 0 spiro atoms. The molecule has 0 aliphatic heterocycles. The second-order valence-electron chi connectivity index (χ2n) is 6.07. The highest BCUT2D eigenvalue weighted by Gasteiger charge is 2.18. The molecule has 1 aromatic carbocycles. The molecular weight excluding hydrogens is 376 g/mol. The molecule has 0 aliphatic rings. The van der Waals surface area contributed by atoms with Gasteiger partial charge >= 0.3 is 0 Å². The summed E-state index contributed by atoms with van der Waals surface area (Å²) in [4.78, 5) is 32.8. The van der Waals surface area contributed by atoms with E-state index in [-0.39, 0.29) is 18.8 Å². The number of hydrogen-bond donors (Lipinski definition) is 2. The number of aromatic hydroxyl groups is 1. The molecule has 0 fully saturated rings. The van der Waals surface area contributed by atoms with E-state index >= 15 is 0 Å². The number of nitrogens with one attached hydrogen (secondary N) is 1. The van der Waals surface area contributed by atoms with E-state index in [1.165, 1.54) is 25.1 Å². The molecule has 150 valence electrons. The first-order valence-corrected chi connectivity index (χ1v) is 8.70. The van der Waals surface area contributed by atoms with Crippen molar-refractivity contribution in [1.82, 2.24) is 19.9 Å². The van der Waals surface area contributed by atoms with Gasteiger partial charge in [-0.1, -0.05) is 18.2 Å². The van der Waals surface area contributed by atoms with Gasteiger partial charge in [0.1, 0.15) is 0 Å². The Balaban J connectivity index is 1.77. The molecule has 29 heavy (non-hydrogen) atoms. The van der Waals surface area contributed by atoms with Gasteiger partial charge in [0.05, 0.1) is 27.1 Å². The fourth-order valence-corrected chi connectivity index (χ4v) is 2.80. The quantitative estimate of drug-likeness (QED) is 0.619. The smallest absolute Gasteiger partial charge is 0.296 e. The van der Waals surface area contributed by atoms with Crippen LogP contribution in [0.1, 0.15) is 21.6 Å². The number of benzene rings is 1. The Kier molecular flexibility index (Phi) is 6.08. The number of para-hydroxylation sites is 1. The van der Waals surface area contributed by atoms with E-state index < -0.39 is 17.2 Å². The maximum absolute atomic E-state index is 12.5. The lowest BCUT2D eigenvalue weighted by atomic mass is 10.2. The van der Waals surface area contributed by atoms with E-state index in [0.717, 1.165) is 5.56 Å². The van der Waals surface area contributed by atoms with Crippen molar-refractivity contribution in [2.75, 3.05) is 14.2 Å². The number of methoxy groups -OCH3 is 2. The fourth-order valence-electron chi connectivity index (χ4n) is 2.80. The number of rotatable bonds is 7. The molecule has 0 atom stereocenters. The monoisotopic (exact) mass is 396 g/mol. The number of amides is 1. The van der Waals surface area contributed by atoms with Gasteiger partial charge in [0, 0.05) is 24.5 Å². The van der Waals surface area contributed by atoms with Crippen LogP contribution in [-0.4, -0.2) is 39.8 Å². The predicted octanol–water partition coefficient (Wildman–Crippen LogP) is 1.34. The van der Waals surface area contributed by atoms with Gasteiger partial charge in [0.25, 0.3) is 11.5 Å². The molecule has 0 saturated carbocycles. The maximum atomic E-state index is 12.5. The van der Waals surface area contributed by atoms with E-state index in [1.807, 2.05) is 0 Å². The van der Waals surface area contributed by atoms with Crippen LogP contribution in [0.5, 0.6) is 17.2 Å². The van der Waals surface area contributed by atoms with E-state index in [2.05, 4.69) is 15.3 Å². The Morgan fingerprint density at radius 3 is 2.72 bits per heavy atom. The first-order chi connectivity index (χ1) is 14.0. The zero-order chi connectivity index (χ0) is 20.8. The summed E-state index contributed by atoms with van der Waals surface area (Å²) in [6.45, 7) is 0.273. The summed E-state index contributed by atoms with van der Waals surface area (Å²) in [5, 5.41) is 12.8. The molecule has 0 aliphatic carbocycles. The normalized spacial score (nSPS) is 10.4. The Bertz CT molecular complexity index is 1070. The minimum absolute atomic E-state index is 0.0963. The number of pyridine rings is 1. The number of aromatic nitrogens is 3. The van der Waals surface area contributed by atoms with Gasteiger partial charge in [-0.3, -0.25) is 19.1 Å². The van der Waals surface area contributed by atoms with Crippen molar-refractivity contribution >= 4 is 5.91 Å². The van der Waals surface area contributed by atoms with Crippen LogP contribution >= 0.6 is 0 Å². The number of hydrogen-bond acceptors (Lipinski definition) is 7. The molecular formula is C20H20N4O5. The number of carbonyl (C=O) groups is 1. The topological polar surface area (TPSA) is 116 Å². The predicted molar refractivity (Wildman–Crippen MR) is 104 cm³/mol. The molecule has 0 radical (unpaired) electrons. The van der Waals surface area contributed by atoms with Crippen LogP contribution in [0.3, 0.4) is 0 Å². The Hall–Kier alpha value is -3.88. The Morgan fingerprint density at radius 2 is 2.03 bits per heavy atom. The van der Waals surface area contributed by atoms with E-state index in [1.54, 1.807) is 42.7 Å². The maximum Gasteiger partial charge on any atom is 0.296 e. The van der Waals surface area contributed by atoms with Gasteiger partial charge in [-0.25, -0.2) is 4.98 Å².